The van der Waals surface area contributed by atoms with Crippen LogP contribution in [0.3, 0.4) is 0 Å². The van der Waals surface area contributed by atoms with Gasteiger partial charge < -0.3 is 43.8 Å². The molecule has 0 aromatic rings. The van der Waals surface area contributed by atoms with Crippen molar-refractivity contribution in [2.75, 3.05) is 39.9 Å². The number of phosphoric acid groups is 1. The van der Waals surface area contributed by atoms with Gasteiger partial charge in [-0.1, -0.05) is 13.5 Å². The zero-order valence-corrected chi connectivity index (χ0v) is 21.5. The van der Waals surface area contributed by atoms with Gasteiger partial charge in [0.1, 0.15) is 30.5 Å². The number of ether oxygens (including phenoxy) is 3. The largest absolute Gasteiger partial charge is 0.472 e. The average Bonchev–Trinajstić information content (AvgIpc) is 3.11. The molecule has 0 aromatic heterocycles. The second-order valence-corrected chi connectivity index (χ2v) is 10.9. The molecule has 1 saturated heterocycles. The van der Waals surface area contributed by atoms with Crippen LogP contribution in [0.2, 0.25) is 0 Å². The standard InChI is InChI=1S/C19H34N2O12P2/c1-4-10-29-13-34(24,25)31-12-15-17(33-35(26,27)30-11-6-5-9-22)18(28-3)19(32-15)21-8-7-16(23)20-14(21)2/h7-8,15,17-19,22H,2,4-6,9-13H2,1,3H3,(H,20,23)(H,24,25)(H,26,27)/t15-,17?,18+,19-/m1/s1. The number of amides is 1. The number of methoxy groups -OCH3 is 1. The highest BCUT2D eigenvalue weighted by atomic mass is 31.2. The third-order valence-electron chi connectivity index (χ3n) is 4.90. The minimum absolute atomic E-state index is 0.101. The maximum absolute atomic E-state index is 12.6. The zero-order valence-electron chi connectivity index (χ0n) is 19.7. The van der Waals surface area contributed by atoms with Crippen LogP contribution in [0.25, 0.3) is 0 Å². The molecule has 1 amide bonds. The van der Waals surface area contributed by atoms with E-state index >= 15 is 0 Å². The molecule has 2 aliphatic heterocycles. The molecule has 0 aromatic carbocycles. The van der Waals surface area contributed by atoms with Gasteiger partial charge in [0.2, 0.25) is 0 Å². The van der Waals surface area contributed by atoms with Gasteiger partial charge in [0.05, 0.1) is 13.2 Å². The summed E-state index contributed by atoms with van der Waals surface area (Å²) in [6.45, 7) is 5.10. The summed E-state index contributed by atoms with van der Waals surface area (Å²) >= 11 is 0. The Morgan fingerprint density at radius 3 is 2.57 bits per heavy atom. The molecule has 0 bridgehead atoms. The van der Waals surface area contributed by atoms with E-state index in [2.05, 4.69) is 11.9 Å². The van der Waals surface area contributed by atoms with Crippen LogP contribution in [0.5, 0.6) is 0 Å². The molecule has 0 aliphatic carbocycles. The molecular weight excluding hydrogens is 510 g/mol. The second kappa shape index (κ2) is 14.0. The van der Waals surface area contributed by atoms with E-state index in [-0.39, 0.29) is 25.6 Å². The first-order valence-electron chi connectivity index (χ1n) is 11.0. The van der Waals surface area contributed by atoms with E-state index in [0.29, 0.717) is 19.3 Å². The molecular formula is C19H34N2O12P2. The monoisotopic (exact) mass is 544 g/mol. The van der Waals surface area contributed by atoms with Gasteiger partial charge in [-0.05, 0) is 19.3 Å². The topological polar surface area (TPSA) is 183 Å². The van der Waals surface area contributed by atoms with Crippen LogP contribution in [-0.4, -0.2) is 90.1 Å². The Kier molecular flexibility index (Phi) is 12.0. The third-order valence-corrected chi connectivity index (χ3v) is 6.98. The van der Waals surface area contributed by atoms with Crippen molar-refractivity contribution in [2.24, 2.45) is 0 Å². The van der Waals surface area contributed by atoms with Gasteiger partial charge in [-0.15, -0.1) is 0 Å². The number of unbranched alkanes of at least 4 members (excludes halogenated alkanes) is 1. The van der Waals surface area contributed by atoms with Gasteiger partial charge in [0.25, 0.3) is 5.91 Å². The number of rotatable bonds is 16. The van der Waals surface area contributed by atoms with E-state index in [4.69, 9.17) is 32.9 Å². The van der Waals surface area contributed by atoms with Gasteiger partial charge >= 0.3 is 15.4 Å². The summed E-state index contributed by atoms with van der Waals surface area (Å²) in [5.41, 5.74) is 0. The number of hydrogen-bond acceptors (Lipinski definition) is 11. The number of aliphatic hydroxyl groups excluding tert-OH is 1. The van der Waals surface area contributed by atoms with Gasteiger partial charge in [-0.2, -0.15) is 0 Å². The van der Waals surface area contributed by atoms with E-state index < -0.39 is 58.8 Å². The molecule has 202 valence electrons. The van der Waals surface area contributed by atoms with E-state index in [0.717, 1.165) is 0 Å². The lowest BCUT2D eigenvalue weighted by molar-refractivity contribution is -0.118. The van der Waals surface area contributed by atoms with Crippen molar-refractivity contribution in [2.45, 2.75) is 50.7 Å². The normalized spacial score (nSPS) is 28.1. The quantitative estimate of drug-likeness (QED) is 0.160. The summed E-state index contributed by atoms with van der Waals surface area (Å²) < 4.78 is 56.9. The highest BCUT2D eigenvalue weighted by Crippen LogP contribution is 2.49. The first kappa shape index (κ1) is 30.1. The van der Waals surface area contributed by atoms with E-state index in [1.54, 1.807) is 0 Å². The fraction of sp³-hybridized carbons (Fsp3) is 0.737. The number of phosphoric ester groups is 1. The summed E-state index contributed by atoms with van der Waals surface area (Å²) in [6.07, 6.45) is -1.08. The molecule has 3 unspecified atom stereocenters. The number of carbonyl (C=O) groups excluding carboxylic acids is 1. The number of nitrogens with zero attached hydrogens (tertiary/aromatic N) is 1. The summed E-state index contributed by atoms with van der Waals surface area (Å²) in [5, 5.41) is 11.4. The first-order chi connectivity index (χ1) is 16.5. The minimum atomic E-state index is -4.63. The Morgan fingerprint density at radius 1 is 1.20 bits per heavy atom. The SMILES string of the molecule is C=C1NC(=O)C=CN1[C@@H]1O[C@H](COP(=O)(O)COCCC)C(OP(=O)(O)OCCCCO)[C@@H]1OC. The molecule has 6 atom stereocenters. The Hall–Kier alpha value is -1.15. The Bertz CT molecular complexity index is 841. The van der Waals surface area contributed by atoms with E-state index in [1.807, 2.05) is 6.92 Å². The maximum atomic E-state index is 12.6. The maximum Gasteiger partial charge on any atom is 0.472 e. The molecule has 2 rings (SSSR count). The third kappa shape index (κ3) is 9.34. The van der Waals surface area contributed by atoms with Crippen LogP contribution in [0, 0.1) is 0 Å². The van der Waals surface area contributed by atoms with Crippen LogP contribution < -0.4 is 5.32 Å². The van der Waals surface area contributed by atoms with Gasteiger partial charge in [0.15, 0.2) is 6.23 Å². The average molecular weight is 544 g/mol. The van der Waals surface area contributed by atoms with Crippen LogP contribution in [0.4, 0.5) is 0 Å². The van der Waals surface area contributed by atoms with Gasteiger partial charge in [-0.25, -0.2) is 4.57 Å². The first-order valence-corrected chi connectivity index (χ1v) is 14.2. The summed E-state index contributed by atoms with van der Waals surface area (Å²) in [7, 11) is -7.48. The highest BCUT2D eigenvalue weighted by molar-refractivity contribution is 7.52. The zero-order chi connectivity index (χ0) is 26.1. The number of hydrogen-bond donors (Lipinski definition) is 4. The Morgan fingerprint density at radius 2 is 1.94 bits per heavy atom. The van der Waals surface area contributed by atoms with Crippen molar-refractivity contribution in [1.82, 2.24) is 10.2 Å². The predicted molar refractivity (Wildman–Crippen MR) is 122 cm³/mol. The van der Waals surface area contributed by atoms with Crippen LogP contribution >= 0.6 is 15.4 Å². The molecule has 1 fully saturated rings. The van der Waals surface area contributed by atoms with E-state index in [9.17, 15) is 23.7 Å². The van der Waals surface area contributed by atoms with Crippen LogP contribution in [-0.2, 0) is 41.7 Å². The molecule has 2 aliphatic rings. The summed E-state index contributed by atoms with van der Waals surface area (Å²) in [5.74, 6) is -0.256. The summed E-state index contributed by atoms with van der Waals surface area (Å²) in [6, 6.07) is 0. The summed E-state index contributed by atoms with van der Waals surface area (Å²) in [4.78, 5) is 33.3. The van der Waals surface area contributed by atoms with Crippen molar-refractivity contribution in [3.8, 4) is 0 Å². The number of aliphatic hydroxyl groups is 1. The molecule has 2 heterocycles. The Balaban J connectivity index is 2.20. The van der Waals surface area contributed by atoms with Crippen molar-refractivity contribution in [3.05, 3.63) is 24.7 Å². The van der Waals surface area contributed by atoms with Gasteiger partial charge in [0, 0.05) is 32.6 Å². The lowest BCUT2D eigenvalue weighted by Gasteiger charge is -2.34. The highest BCUT2D eigenvalue weighted by Gasteiger charge is 2.52. The lowest BCUT2D eigenvalue weighted by Crippen LogP contribution is -2.47. The molecule has 4 N–H and O–H groups in total. The molecule has 0 spiro atoms. The predicted octanol–water partition coefficient (Wildman–Crippen LogP) is 1.00. The Labute approximate surface area is 203 Å². The molecule has 35 heavy (non-hydrogen) atoms. The van der Waals surface area contributed by atoms with Crippen molar-refractivity contribution >= 4 is 21.3 Å². The fourth-order valence-electron chi connectivity index (χ4n) is 3.30. The van der Waals surface area contributed by atoms with Crippen LogP contribution in [0.15, 0.2) is 24.7 Å². The van der Waals surface area contributed by atoms with Gasteiger partial charge in [-0.3, -0.25) is 18.4 Å². The number of nitrogens with one attached hydrogen (secondary N) is 1. The molecule has 16 heteroatoms. The fourth-order valence-corrected chi connectivity index (χ4v) is 5.10. The van der Waals surface area contributed by atoms with E-state index in [1.165, 1.54) is 24.3 Å². The smallest absolute Gasteiger partial charge is 0.396 e. The molecule has 0 saturated carbocycles. The van der Waals surface area contributed by atoms with Crippen LogP contribution in [0.1, 0.15) is 26.2 Å². The van der Waals surface area contributed by atoms with Crippen molar-refractivity contribution < 1.29 is 56.6 Å². The number of carbonyl (C=O) groups is 1. The second-order valence-electron chi connectivity index (χ2n) is 7.70. The molecule has 0 radical (unpaired) electrons. The minimum Gasteiger partial charge on any atom is -0.396 e. The van der Waals surface area contributed by atoms with Crippen molar-refractivity contribution in [3.63, 3.8) is 0 Å². The van der Waals surface area contributed by atoms with Crippen molar-refractivity contribution in [1.29, 1.82) is 0 Å². The lowest BCUT2D eigenvalue weighted by atomic mass is 10.1. The molecule has 14 nitrogen and oxygen atoms in total.